The van der Waals surface area contributed by atoms with Gasteiger partial charge in [0.15, 0.2) is 0 Å². The Labute approximate surface area is 133 Å². The van der Waals surface area contributed by atoms with Gasteiger partial charge < -0.3 is 22.5 Å². The van der Waals surface area contributed by atoms with Crippen molar-refractivity contribution in [2.24, 2.45) is 0 Å². The molecule has 2 atom stereocenters. The van der Waals surface area contributed by atoms with Crippen LogP contribution in [-0.4, -0.2) is 42.6 Å². The molecule has 1 aliphatic rings. The number of rotatable bonds is 4. The second-order valence-corrected chi connectivity index (χ2v) is 5.68. The summed E-state index contributed by atoms with van der Waals surface area (Å²) in [5, 5.41) is 2.93. The molecule has 1 aromatic carbocycles. The lowest BCUT2D eigenvalue weighted by atomic mass is 10.2. The molecule has 1 heterocycles. The summed E-state index contributed by atoms with van der Waals surface area (Å²) < 4.78 is 5.69. The van der Waals surface area contributed by atoms with Gasteiger partial charge in [0.1, 0.15) is 0 Å². The van der Waals surface area contributed by atoms with Crippen molar-refractivity contribution in [2.75, 3.05) is 25.0 Å². The van der Waals surface area contributed by atoms with E-state index in [-0.39, 0.29) is 30.5 Å². The van der Waals surface area contributed by atoms with Crippen molar-refractivity contribution < 1.29 is 21.9 Å². The van der Waals surface area contributed by atoms with E-state index in [9.17, 15) is 4.79 Å². The summed E-state index contributed by atoms with van der Waals surface area (Å²) in [5.41, 5.74) is 2.06. The molecule has 1 N–H and O–H groups in total. The van der Waals surface area contributed by atoms with Gasteiger partial charge in [-0.05, 0) is 32.9 Å². The van der Waals surface area contributed by atoms with Gasteiger partial charge in [-0.1, -0.05) is 17.7 Å². The number of nitrogens with zero attached hydrogens (tertiary/aromatic N) is 1. The van der Waals surface area contributed by atoms with Crippen LogP contribution in [0, 0.1) is 6.92 Å². The lowest BCUT2D eigenvalue weighted by Crippen LogP contribution is -3.00. The number of nitrogens with one attached hydrogen (secondary N) is 1. The first-order valence-electron chi connectivity index (χ1n) is 7.27. The number of ether oxygens (including phenoxy) is 1. The second kappa shape index (κ2) is 8.37. The Balaban J connectivity index is 0.00000220. The van der Waals surface area contributed by atoms with Crippen LogP contribution in [0.25, 0.3) is 0 Å². The molecule has 1 aromatic rings. The zero-order valence-electron chi connectivity index (χ0n) is 12.9. The van der Waals surface area contributed by atoms with Crippen molar-refractivity contribution in [3.8, 4) is 0 Å². The average molecular weight is 312 g/mol. The maximum atomic E-state index is 11.9. The molecular formula is C16H24ClN2O2-. The van der Waals surface area contributed by atoms with Crippen molar-refractivity contribution in [1.82, 2.24) is 4.90 Å². The minimum Gasteiger partial charge on any atom is -1.00 e. The first kappa shape index (κ1) is 18.0. The maximum absolute atomic E-state index is 11.9. The molecule has 0 spiro atoms. The molecule has 0 bridgehead atoms. The Morgan fingerprint density at radius 3 is 2.38 bits per heavy atom. The molecule has 5 heteroatoms. The SMILES string of the molecule is Cc1ccc(NC(=O)CCN2CC(C)OC(C)C2)cc1.[Cl-]. The van der Waals surface area contributed by atoms with E-state index < -0.39 is 0 Å². The van der Waals surface area contributed by atoms with Crippen LogP contribution in [0.1, 0.15) is 25.8 Å². The van der Waals surface area contributed by atoms with E-state index >= 15 is 0 Å². The molecule has 1 amide bonds. The van der Waals surface area contributed by atoms with Gasteiger partial charge in [0, 0.05) is 31.7 Å². The quantitative estimate of drug-likeness (QED) is 0.810. The third-order valence-corrected chi connectivity index (χ3v) is 3.49. The molecule has 0 aliphatic carbocycles. The monoisotopic (exact) mass is 311 g/mol. The number of halogens is 1. The summed E-state index contributed by atoms with van der Waals surface area (Å²) in [5.74, 6) is 0.0700. The summed E-state index contributed by atoms with van der Waals surface area (Å²) in [7, 11) is 0. The lowest BCUT2D eigenvalue weighted by Gasteiger charge is -2.35. The van der Waals surface area contributed by atoms with E-state index in [2.05, 4.69) is 24.1 Å². The van der Waals surface area contributed by atoms with E-state index in [1.54, 1.807) is 0 Å². The molecule has 118 valence electrons. The molecule has 0 radical (unpaired) electrons. The molecule has 1 fully saturated rings. The molecule has 1 aliphatic heterocycles. The first-order valence-corrected chi connectivity index (χ1v) is 7.27. The molecule has 0 aromatic heterocycles. The zero-order chi connectivity index (χ0) is 14.5. The highest BCUT2D eigenvalue weighted by Gasteiger charge is 2.22. The van der Waals surface area contributed by atoms with Gasteiger partial charge in [0.05, 0.1) is 12.2 Å². The number of hydrogen-bond donors (Lipinski definition) is 1. The smallest absolute Gasteiger partial charge is 0.225 e. The minimum absolute atomic E-state index is 0. The molecule has 0 saturated carbocycles. The fourth-order valence-corrected chi connectivity index (χ4v) is 2.59. The van der Waals surface area contributed by atoms with E-state index in [1.807, 2.05) is 31.2 Å². The Bertz CT molecular complexity index is 440. The van der Waals surface area contributed by atoms with E-state index in [1.165, 1.54) is 5.56 Å². The van der Waals surface area contributed by atoms with Gasteiger partial charge >= 0.3 is 0 Å². The Hall–Kier alpha value is -1.10. The standard InChI is InChI=1S/C16H24N2O2.ClH/c1-12-4-6-15(7-5-12)17-16(19)8-9-18-10-13(2)20-14(3)11-18;/h4-7,13-14H,8-11H2,1-3H3,(H,17,19);1H/p-1. The maximum Gasteiger partial charge on any atom is 0.225 e. The van der Waals surface area contributed by atoms with Gasteiger partial charge in [0.2, 0.25) is 5.91 Å². The van der Waals surface area contributed by atoms with Crippen LogP contribution < -0.4 is 17.7 Å². The summed E-state index contributed by atoms with van der Waals surface area (Å²) in [6, 6.07) is 7.88. The lowest BCUT2D eigenvalue weighted by molar-refractivity contribution is -0.117. The second-order valence-electron chi connectivity index (χ2n) is 5.68. The van der Waals surface area contributed by atoms with Crippen LogP contribution in [0.3, 0.4) is 0 Å². The summed E-state index contributed by atoms with van der Waals surface area (Å²) in [6.07, 6.45) is 1.02. The van der Waals surface area contributed by atoms with Crippen LogP contribution in [0.15, 0.2) is 24.3 Å². The molecular weight excluding hydrogens is 288 g/mol. The highest BCUT2D eigenvalue weighted by atomic mass is 35.5. The minimum atomic E-state index is 0. The Morgan fingerprint density at radius 2 is 1.81 bits per heavy atom. The van der Waals surface area contributed by atoms with E-state index in [4.69, 9.17) is 4.74 Å². The van der Waals surface area contributed by atoms with Gasteiger partial charge in [-0.15, -0.1) is 0 Å². The largest absolute Gasteiger partial charge is 1.00 e. The van der Waals surface area contributed by atoms with Gasteiger partial charge in [-0.3, -0.25) is 9.69 Å². The summed E-state index contributed by atoms with van der Waals surface area (Å²) in [6.45, 7) is 8.79. The highest BCUT2D eigenvalue weighted by molar-refractivity contribution is 5.90. The van der Waals surface area contributed by atoms with Crippen molar-refractivity contribution >= 4 is 11.6 Å². The Kier molecular flexibility index (Phi) is 7.15. The zero-order valence-corrected chi connectivity index (χ0v) is 13.7. The summed E-state index contributed by atoms with van der Waals surface area (Å²) >= 11 is 0. The molecule has 4 nitrogen and oxygen atoms in total. The van der Waals surface area contributed by atoms with Gasteiger partial charge in [-0.2, -0.15) is 0 Å². The normalized spacial score (nSPS) is 22.4. The van der Waals surface area contributed by atoms with Gasteiger partial charge in [0.25, 0.3) is 0 Å². The number of benzene rings is 1. The van der Waals surface area contributed by atoms with Crippen LogP contribution in [0.4, 0.5) is 5.69 Å². The van der Waals surface area contributed by atoms with Crippen LogP contribution in [0.5, 0.6) is 0 Å². The number of hydrogen-bond acceptors (Lipinski definition) is 3. The molecule has 2 unspecified atom stereocenters. The third kappa shape index (κ3) is 6.04. The Morgan fingerprint density at radius 1 is 1.24 bits per heavy atom. The van der Waals surface area contributed by atoms with Crippen LogP contribution in [-0.2, 0) is 9.53 Å². The third-order valence-electron chi connectivity index (χ3n) is 3.49. The van der Waals surface area contributed by atoms with Gasteiger partial charge in [-0.25, -0.2) is 0 Å². The number of carbonyl (C=O) groups excluding carboxylic acids is 1. The number of amides is 1. The average Bonchev–Trinajstić information content (AvgIpc) is 2.38. The van der Waals surface area contributed by atoms with Crippen LogP contribution in [0.2, 0.25) is 0 Å². The molecule has 1 saturated heterocycles. The predicted octanol–water partition coefficient (Wildman–Crippen LogP) is -0.563. The van der Waals surface area contributed by atoms with Crippen molar-refractivity contribution in [2.45, 2.75) is 39.4 Å². The van der Waals surface area contributed by atoms with E-state index in [0.29, 0.717) is 6.42 Å². The highest BCUT2D eigenvalue weighted by Crippen LogP contribution is 2.12. The number of morpholine rings is 1. The van der Waals surface area contributed by atoms with Crippen molar-refractivity contribution in [3.63, 3.8) is 0 Å². The van der Waals surface area contributed by atoms with E-state index in [0.717, 1.165) is 25.3 Å². The first-order chi connectivity index (χ1) is 9.52. The topological polar surface area (TPSA) is 41.6 Å². The number of carbonyl (C=O) groups is 1. The van der Waals surface area contributed by atoms with Crippen LogP contribution >= 0.6 is 0 Å². The predicted molar refractivity (Wildman–Crippen MR) is 80.9 cm³/mol. The fraction of sp³-hybridized carbons (Fsp3) is 0.562. The number of anilines is 1. The summed E-state index contributed by atoms with van der Waals surface area (Å²) in [4.78, 5) is 14.2. The number of aryl methyl sites for hydroxylation is 1. The molecule has 2 rings (SSSR count). The fourth-order valence-electron chi connectivity index (χ4n) is 2.59. The molecule has 21 heavy (non-hydrogen) atoms. The van der Waals surface area contributed by atoms with Crippen molar-refractivity contribution in [3.05, 3.63) is 29.8 Å². The van der Waals surface area contributed by atoms with Crippen molar-refractivity contribution in [1.29, 1.82) is 0 Å².